The SMILES string of the molecule is C#CCn1c(=NC(=O)c2ccc3nc(C)ccc3c2)sc2ccc(Cl)c(C)c21. The number of carbonyl (C=O) groups is 1. The standard InChI is InChI=1S/C22H16ClN3OS/c1-4-11-26-20-14(3)17(23)8-10-19(20)28-22(26)25-21(27)16-7-9-18-15(12-16)6-5-13(2)24-18/h1,5-10,12H,11H2,2-3H3. The molecule has 0 aliphatic carbocycles. The van der Waals surface area contributed by atoms with Crippen LogP contribution in [0, 0.1) is 26.2 Å². The monoisotopic (exact) mass is 405 g/mol. The number of terminal acetylenes is 1. The van der Waals surface area contributed by atoms with E-state index in [0.29, 0.717) is 21.9 Å². The van der Waals surface area contributed by atoms with Crippen molar-refractivity contribution >= 4 is 50.0 Å². The van der Waals surface area contributed by atoms with Gasteiger partial charge in [0.25, 0.3) is 5.91 Å². The summed E-state index contributed by atoms with van der Waals surface area (Å²) in [6.45, 7) is 4.19. The van der Waals surface area contributed by atoms with Gasteiger partial charge in [0.05, 0.1) is 22.3 Å². The lowest BCUT2D eigenvalue weighted by Crippen LogP contribution is -2.17. The van der Waals surface area contributed by atoms with Gasteiger partial charge in [-0.3, -0.25) is 9.78 Å². The van der Waals surface area contributed by atoms with Crippen LogP contribution in [0.2, 0.25) is 5.02 Å². The van der Waals surface area contributed by atoms with E-state index in [1.165, 1.54) is 11.3 Å². The molecule has 0 fully saturated rings. The van der Waals surface area contributed by atoms with E-state index in [2.05, 4.69) is 15.9 Å². The predicted octanol–water partition coefficient (Wildman–Crippen LogP) is 4.90. The zero-order valence-corrected chi connectivity index (χ0v) is 16.9. The van der Waals surface area contributed by atoms with Crippen molar-refractivity contribution in [3.05, 3.63) is 69.1 Å². The first-order valence-electron chi connectivity index (χ1n) is 8.66. The van der Waals surface area contributed by atoms with E-state index in [0.717, 1.165) is 32.4 Å². The van der Waals surface area contributed by atoms with Crippen LogP contribution < -0.4 is 4.80 Å². The number of amides is 1. The third-order valence-electron chi connectivity index (χ3n) is 4.55. The van der Waals surface area contributed by atoms with Crippen LogP contribution in [0.5, 0.6) is 0 Å². The Balaban J connectivity index is 1.86. The third kappa shape index (κ3) is 3.22. The summed E-state index contributed by atoms with van der Waals surface area (Å²) in [4.78, 5) is 22.2. The molecule has 0 aliphatic rings. The van der Waals surface area contributed by atoms with Gasteiger partial charge in [-0.1, -0.05) is 34.9 Å². The average Bonchev–Trinajstić information content (AvgIpc) is 3.02. The number of benzene rings is 2. The van der Waals surface area contributed by atoms with Gasteiger partial charge in [-0.2, -0.15) is 4.99 Å². The van der Waals surface area contributed by atoms with Crippen LogP contribution in [0.1, 0.15) is 21.6 Å². The highest BCUT2D eigenvalue weighted by molar-refractivity contribution is 7.16. The van der Waals surface area contributed by atoms with Gasteiger partial charge in [-0.15, -0.1) is 6.42 Å². The van der Waals surface area contributed by atoms with E-state index >= 15 is 0 Å². The Morgan fingerprint density at radius 3 is 2.86 bits per heavy atom. The van der Waals surface area contributed by atoms with Gasteiger partial charge in [-0.05, 0) is 55.8 Å². The molecule has 0 bridgehead atoms. The molecule has 0 aliphatic heterocycles. The molecule has 6 heteroatoms. The second kappa shape index (κ2) is 7.23. The Labute approximate surface area is 171 Å². The molecule has 4 nitrogen and oxygen atoms in total. The Hall–Kier alpha value is -2.94. The van der Waals surface area contributed by atoms with Crippen LogP contribution in [-0.4, -0.2) is 15.5 Å². The Kier molecular flexibility index (Phi) is 4.76. The summed E-state index contributed by atoms with van der Waals surface area (Å²) in [7, 11) is 0. The first-order chi connectivity index (χ1) is 13.5. The number of aromatic nitrogens is 2. The molecule has 138 valence electrons. The number of halogens is 1. The lowest BCUT2D eigenvalue weighted by atomic mass is 10.1. The Morgan fingerprint density at radius 1 is 1.25 bits per heavy atom. The number of rotatable bonds is 2. The molecule has 2 heterocycles. The van der Waals surface area contributed by atoms with Crippen molar-refractivity contribution in [1.82, 2.24) is 9.55 Å². The first kappa shape index (κ1) is 18.4. The van der Waals surface area contributed by atoms with E-state index in [4.69, 9.17) is 18.0 Å². The van der Waals surface area contributed by atoms with E-state index in [1.54, 1.807) is 6.07 Å². The number of aryl methyl sites for hydroxylation is 2. The van der Waals surface area contributed by atoms with Gasteiger partial charge in [0.1, 0.15) is 0 Å². The molecule has 2 aromatic heterocycles. The van der Waals surface area contributed by atoms with Crippen LogP contribution in [0.25, 0.3) is 21.1 Å². The van der Waals surface area contributed by atoms with E-state index in [1.807, 2.05) is 54.8 Å². The molecule has 4 aromatic rings. The van der Waals surface area contributed by atoms with E-state index in [9.17, 15) is 4.79 Å². The summed E-state index contributed by atoms with van der Waals surface area (Å²) in [5.74, 6) is 2.32. The van der Waals surface area contributed by atoms with Crippen molar-refractivity contribution < 1.29 is 4.79 Å². The number of fused-ring (bicyclic) bond motifs is 2. The van der Waals surface area contributed by atoms with Gasteiger partial charge >= 0.3 is 0 Å². The highest BCUT2D eigenvalue weighted by atomic mass is 35.5. The van der Waals surface area contributed by atoms with Gasteiger partial charge < -0.3 is 4.57 Å². The summed E-state index contributed by atoms with van der Waals surface area (Å²) >= 11 is 7.70. The average molecular weight is 406 g/mol. The van der Waals surface area contributed by atoms with Crippen LogP contribution in [0.4, 0.5) is 0 Å². The predicted molar refractivity (Wildman–Crippen MR) is 115 cm³/mol. The molecule has 28 heavy (non-hydrogen) atoms. The Morgan fingerprint density at radius 2 is 2.07 bits per heavy atom. The molecule has 0 saturated heterocycles. The number of hydrogen-bond donors (Lipinski definition) is 0. The molecule has 0 N–H and O–H groups in total. The number of thiazole rings is 1. The second-order valence-electron chi connectivity index (χ2n) is 6.47. The number of pyridine rings is 1. The molecule has 0 unspecified atom stereocenters. The molecule has 0 saturated carbocycles. The summed E-state index contributed by atoms with van der Waals surface area (Å²) in [5, 5.41) is 1.56. The molecule has 0 spiro atoms. The fraction of sp³-hybridized carbons (Fsp3) is 0.136. The topological polar surface area (TPSA) is 47.2 Å². The quantitative estimate of drug-likeness (QED) is 0.445. The number of nitrogens with zero attached hydrogens (tertiary/aromatic N) is 3. The Bertz CT molecular complexity index is 1360. The van der Waals surface area contributed by atoms with E-state index in [-0.39, 0.29) is 5.91 Å². The fourth-order valence-electron chi connectivity index (χ4n) is 3.15. The number of hydrogen-bond acceptors (Lipinski definition) is 3. The molecular formula is C22H16ClN3OS. The van der Waals surface area contributed by atoms with Gasteiger partial charge in [0.2, 0.25) is 0 Å². The summed E-state index contributed by atoms with van der Waals surface area (Å²) in [5.41, 5.74) is 4.14. The largest absolute Gasteiger partial charge is 0.304 e. The zero-order chi connectivity index (χ0) is 19.8. The first-order valence-corrected chi connectivity index (χ1v) is 9.86. The highest BCUT2D eigenvalue weighted by Crippen LogP contribution is 2.27. The normalized spacial score (nSPS) is 11.9. The molecule has 0 atom stereocenters. The minimum absolute atomic E-state index is 0.314. The van der Waals surface area contributed by atoms with Crippen molar-refractivity contribution in [3.8, 4) is 12.3 Å². The maximum absolute atomic E-state index is 12.8. The third-order valence-corrected chi connectivity index (χ3v) is 6.00. The van der Waals surface area contributed by atoms with Gasteiger partial charge in [0.15, 0.2) is 4.80 Å². The molecule has 4 rings (SSSR count). The minimum Gasteiger partial charge on any atom is -0.304 e. The summed E-state index contributed by atoms with van der Waals surface area (Å²) in [6.07, 6.45) is 5.55. The van der Waals surface area contributed by atoms with Crippen LogP contribution in [0.15, 0.2) is 47.5 Å². The molecule has 1 amide bonds. The lowest BCUT2D eigenvalue weighted by Gasteiger charge is -2.05. The lowest BCUT2D eigenvalue weighted by molar-refractivity contribution is 0.0998. The van der Waals surface area contributed by atoms with Crippen LogP contribution >= 0.6 is 22.9 Å². The zero-order valence-electron chi connectivity index (χ0n) is 15.4. The summed E-state index contributed by atoms with van der Waals surface area (Å²) < 4.78 is 2.85. The van der Waals surface area contributed by atoms with E-state index < -0.39 is 0 Å². The van der Waals surface area contributed by atoms with Crippen LogP contribution in [0.3, 0.4) is 0 Å². The smallest absolute Gasteiger partial charge is 0.279 e. The van der Waals surface area contributed by atoms with Gasteiger partial charge in [-0.25, -0.2) is 0 Å². The van der Waals surface area contributed by atoms with Crippen molar-refractivity contribution in [1.29, 1.82) is 0 Å². The molecular weight excluding hydrogens is 390 g/mol. The van der Waals surface area contributed by atoms with Crippen molar-refractivity contribution in [2.75, 3.05) is 0 Å². The fourth-order valence-corrected chi connectivity index (χ4v) is 4.39. The molecule has 2 aromatic carbocycles. The maximum Gasteiger partial charge on any atom is 0.279 e. The van der Waals surface area contributed by atoms with Gasteiger partial charge in [0, 0.05) is 21.7 Å². The molecule has 0 radical (unpaired) electrons. The van der Waals surface area contributed by atoms with Crippen molar-refractivity contribution in [3.63, 3.8) is 0 Å². The van der Waals surface area contributed by atoms with Crippen molar-refractivity contribution in [2.24, 2.45) is 4.99 Å². The maximum atomic E-state index is 12.8. The van der Waals surface area contributed by atoms with Crippen molar-refractivity contribution in [2.45, 2.75) is 20.4 Å². The highest BCUT2D eigenvalue weighted by Gasteiger charge is 2.13. The second-order valence-corrected chi connectivity index (χ2v) is 7.89. The van der Waals surface area contributed by atoms with Crippen LogP contribution in [-0.2, 0) is 6.54 Å². The minimum atomic E-state index is -0.316. The number of carbonyl (C=O) groups excluding carboxylic acids is 1. The summed E-state index contributed by atoms with van der Waals surface area (Å²) in [6, 6.07) is 13.1.